The molecule has 5 rings (SSSR count). The number of halogens is 4. The van der Waals surface area contributed by atoms with Crippen LogP contribution in [0, 0.1) is 12.7 Å². The fourth-order valence-corrected chi connectivity index (χ4v) is 3.86. The number of nitrogens with zero attached hydrogens (tertiary/aromatic N) is 5. The second kappa shape index (κ2) is 7.51. The minimum Gasteiger partial charge on any atom is -0.351 e. The summed E-state index contributed by atoms with van der Waals surface area (Å²) in [5.41, 5.74) is 4.47. The van der Waals surface area contributed by atoms with Gasteiger partial charge in [-0.15, -0.1) is 0 Å². The molecule has 4 aromatic rings. The lowest BCUT2D eigenvalue weighted by molar-refractivity contribution is -0.144. The maximum absolute atomic E-state index is 13.9. The molecule has 9 heteroatoms. The number of alkyl halides is 3. The van der Waals surface area contributed by atoms with Gasteiger partial charge in [-0.3, -0.25) is 9.97 Å². The molecular formula is C23H17F4N5. The molecule has 0 fully saturated rings. The number of pyridine rings is 2. The van der Waals surface area contributed by atoms with Gasteiger partial charge >= 0.3 is 6.18 Å². The van der Waals surface area contributed by atoms with Crippen LogP contribution in [0.15, 0.2) is 48.8 Å². The van der Waals surface area contributed by atoms with Gasteiger partial charge in [0.1, 0.15) is 11.6 Å². The molecule has 32 heavy (non-hydrogen) atoms. The Balaban J connectivity index is 1.57. The Morgan fingerprint density at radius 1 is 0.938 bits per heavy atom. The summed E-state index contributed by atoms with van der Waals surface area (Å²) in [6, 6.07) is 9.33. The van der Waals surface area contributed by atoms with E-state index in [1.807, 2.05) is 25.1 Å². The van der Waals surface area contributed by atoms with Crippen LogP contribution in [0.5, 0.6) is 0 Å². The molecule has 0 atom stereocenters. The molecular weight excluding hydrogens is 422 g/mol. The number of hydrogen-bond acceptors (Lipinski definition) is 5. The van der Waals surface area contributed by atoms with Crippen LogP contribution in [0.1, 0.15) is 22.8 Å². The highest BCUT2D eigenvalue weighted by molar-refractivity contribution is 5.89. The lowest BCUT2D eigenvalue weighted by atomic mass is 10.0. The zero-order valence-corrected chi connectivity index (χ0v) is 17.0. The van der Waals surface area contributed by atoms with Crippen LogP contribution >= 0.6 is 0 Å². The van der Waals surface area contributed by atoms with Crippen LogP contribution < -0.4 is 4.90 Å². The molecule has 1 aliphatic rings. The van der Waals surface area contributed by atoms with Crippen molar-refractivity contribution in [3.63, 3.8) is 0 Å². The quantitative estimate of drug-likeness (QED) is 0.406. The molecule has 162 valence electrons. The van der Waals surface area contributed by atoms with Crippen LogP contribution in [0.2, 0.25) is 0 Å². The minimum absolute atomic E-state index is 0.0483. The van der Waals surface area contributed by atoms with E-state index in [0.717, 1.165) is 34.1 Å². The minimum atomic E-state index is -4.71. The third-order valence-electron chi connectivity index (χ3n) is 5.48. The van der Waals surface area contributed by atoms with Gasteiger partial charge in [-0.1, -0.05) is 6.07 Å². The fourth-order valence-electron chi connectivity index (χ4n) is 3.86. The first-order chi connectivity index (χ1) is 15.3. The topological polar surface area (TPSA) is 54.8 Å². The second-order valence-electron chi connectivity index (χ2n) is 7.72. The highest BCUT2D eigenvalue weighted by Crippen LogP contribution is 2.34. The molecule has 0 unspecified atom stereocenters. The van der Waals surface area contributed by atoms with E-state index in [1.54, 1.807) is 17.3 Å². The predicted molar refractivity (Wildman–Crippen MR) is 111 cm³/mol. The van der Waals surface area contributed by atoms with E-state index >= 15 is 0 Å². The summed E-state index contributed by atoms with van der Waals surface area (Å²) in [6.07, 6.45) is -0.643. The Hall–Kier alpha value is -3.62. The first-order valence-corrected chi connectivity index (χ1v) is 9.98. The van der Waals surface area contributed by atoms with Crippen molar-refractivity contribution in [1.82, 2.24) is 19.9 Å². The average Bonchev–Trinajstić information content (AvgIpc) is 2.77. The largest absolute Gasteiger partial charge is 0.451 e. The molecule has 5 nitrogen and oxygen atoms in total. The number of aryl methyl sites for hydroxylation is 1. The standard InChI is InChI=1S/C23H17F4N5/c1-13-2-3-14(10-28-13)15-8-16-12-32(7-6-19(16)29-11-15)21-18-9-17(24)4-5-20(18)30-22(31-21)23(25,26)27/h2-5,8-11H,6-7,12H2,1H3. The number of fused-ring (bicyclic) bond motifs is 2. The third kappa shape index (κ3) is 3.74. The van der Waals surface area contributed by atoms with E-state index in [1.165, 1.54) is 12.1 Å². The fraction of sp³-hybridized carbons (Fsp3) is 0.217. The molecule has 4 heterocycles. The lowest BCUT2D eigenvalue weighted by Gasteiger charge is -2.30. The summed E-state index contributed by atoms with van der Waals surface area (Å²) in [7, 11) is 0. The van der Waals surface area contributed by atoms with Crippen LogP contribution in [-0.2, 0) is 19.1 Å². The molecule has 0 spiro atoms. The van der Waals surface area contributed by atoms with Crippen LogP contribution in [0.4, 0.5) is 23.4 Å². The number of rotatable bonds is 2. The molecule has 0 radical (unpaired) electrons. The summed E-state index contributed by atoms with van der Waals surface area (Å²) in [4.78, 5) is 18.0. The van der Waals surface area contributed by atoms with Crippen molar-refractivity contribution in [3.05, 3.63) is 77.4 Å². The van der Waals surface area contributed by atoms with Gasteiger partial charge in [0, 0.05) is 59.8 Å². The monoisotopic (exact) mass is 439 g/mol. The average molecular weight is 439 g/mol. The third-order valence-corrected chi connectivity index (χ3v) is 5.48. The van der Waals surface area contributed by atoms with E-state index < -0.39 is 17.8 Å². The van der Waals surface area contributed by atoms with E-state index in [0.29, 0.717) is 19.5 Å². The van der Waals surface area contributed by atoms with E-state index in [9.17, 15) is 17.6 Å². The maximum Gasteiger partial charge on any atom is 0.451 e. The van der Waals surface area contributed by atoms with Gasteiger partial charge in [-0.2, -0.15) is 13.2 Å². The summed E-state index contributed by atoms with van der Waals surface area (Å²) in [5.74, 6) is -1.74. The Labute approximate surface area is 180 Å². The van der Waals surface area contributed by atoms with E-state index in [4.69, 9.17) is 0 Å². The van der Waals surface area contributed by atoms with Crippen molar-refractivity contribution in [2.45, 2.75) is 26.1 Å². The van der Waals surface area contributed by atoms with E-state index in [-0.39, 0.29) is 16.7 Å². The molecule has 3 aromatic heterocycles. The van der Waals surface area contributed by atoms with Crippen molar-refractivity contribution < 1.29 is 17.6 Å². The summed E-state index contributed by atoms with van der Waals surface area (Å²) in [5, 5.41) is 0.244. The van der Waals surface area contributed by atoms with Gasteiger partial charge in [0.15, 0.2) is 0 Å². The van der Waals surface area contributed by atoms with Crippen molar-refractivity contribution in [2.24, 2.45) is 0 Å². The molecule has 0 aliphatic carbocycles. The van der Waals surface area contributed by atoms with Gasteiger partial charge < -0.3 is 4.90 Å². The predicted octanol–water partition coefficient (Wildman–Crippen LogP) is 5.12. The highest BCUT2D eigenvalue weighted by atomic mass is 19.4. The van der Waals surface area contributed by atoms with Crippen molar-refractivity contribution in [3.8, 4) is 11.1 Å². The Kier molecular flexibility index (Phi) is 4.76. The normalized spacial score (nSPS) is 14.0. The first kappa shape index (κ1) is 20.3. The lowest BCUT2D eigenvalue weighted by Crippen LogP contribution is -2.32. The molecule has 0 saturated carbocycles. The van der Waals surface area contributed by atoms with Gasteiger partial charge in [-0.05, 0) is 42.8 Å². The molecule has 1 aliphatic heterocycles. The second-order valence-corrected chi connectivity index (χ2v) is 7.72. The highest BCUT2D eigenvalue weighted by Gasteiger charge is 2.36. The number of benzene rings is 1. The Bertz CT molecular complexity index is 1320. The SMILES string of the molecule is Cc1ccc(-c2cnc3c(c2)CN(c2nc(C(F)(F)F)nc4ccc(F)cc24)CC3)cn1. The van der Waals surface area contributed by atoms with Gasteiger partial charge in [0.05, 0.1) is 5.52 Å². The van der Waals surface area contributed by atoms with E-state index in [2.05, 4.69) is 19.9 Å². The van der Waals surface area contributed by atoms with Crippen LogP contribution in [0.25, 0.3) is 22.0 Å². The molecule has 0 saturated heterocycles. The Morgan fingerprint density at radius 3 is 2.50 bits per heavy atom. The van der Waals surface area contributed by atoms with Crippen LogP contribution in [0.3, 0.4) is 0 Å². The molecule has 0 N–H and O–H groups in total. The summed E-state index contributed by atoms with van der Waals surface area (Å²) >= 11 is 0. The van der Waals surface area contributed by atoms with Crippen molar-refractivity contribution >= 4 is 16.7 Å². The first-order valence-electron chi connectivity index (χ1n) is 9.98. The number of anilines is 1. The molecule has 1 aromatic carbocycles. The zero-order chi connectivity index (χ0) is 22.5. The smallest absolute Gasteiger partial charge is 0.351 e. The van der Waals surface area contributed by atoms with Crippen molar-refractivity contribution in [2.75, 3.05) is 11.4 Å². The summed E-state index contributed by atoms with van der Waals surface area (Å²) < 4.78 is 54.2. The summed E-state index contributed by atoms with van der Waals surface area (Å²) in [6.45, 7) is 2.61. The Morgan fingerprint density at radius 2 is 1.75 bits per heavy atom. The number of hydrogen-bond donors (Lipinski definition) is 0. The van der Waals surface area contributed by atoms with Gasteiger partial charge in [0.2, 0.25) is 5.82 Å². The zero-order valence-electron chi connectivity index (χ0n) is 17.0. The van der Waals surface area contributed by atoms with Crippen molar-refractivity contribution in [1.29, 1.82) is 0 Å². The van der Waals surface area contributed by atoms with Gasteiger partial charge in [0.25, 0.3) is 0 Å². The van der Waals surface area contributed by atoms with Crippen LogP contribution in [-0.4, -0.2) is 26.5 Å². The molecule has 0 amide bonds. The number of aromatic nitrogens is 4. The molecule has 0 bridgehead atoms. The van der Waals surface area contributed by atoms with Gasteiger partial charge in [-0.25, -0.2) is 14.4 Å². The maximum atomic E-state index is 13.9.